The molecule has 1 aromatic carbocycles. The summed E-state index contributed by atoms with van der Waals surface area (Å²) in [6.07, 6.45) is 0. The van der Waals surface area contributed by atoms with Crippen LogP contribution in [0.5, 0.6) is 0 Å². The minimum Gasteiger partial charge on any atom is -0.350 e. The average Bonchev–Trinajstić information content (AvgIpc) is 2.26. The molecule has 0 aliphatic rings. The molecule has 8 nitrogen and oxygen atoms in total. The van der Waals surface area contributed by atoms with Gasteiger partial charge in [-0.2, -0.15) is 0 Å². The molecule has 0 heterocycles. The van der Waals surface area contributed by atoms with Crippen molar-refractivity contribution in [1.82, 2.24) is 0 Å². The van der Waals surface area contributed by atoms with Crippen LogP contribution >= 0.6 is 15.9 Å². The maximum absolute atomic E-state index is 10.9. The lowest BCUT2D eigenvalue weighted by atomic mass is 10.2. The van der Waals surface area contributed by atoms with E-state index in [4.69, 9.17) is 23.2 Å². The van der Waals surface area contributed by atoms with Crippen molar-refractivity contribution in [3.63, 3.8) is 0 Å². The molecule has 0 aromatic heterocycles. The van der Waals surface area contributed by atoms with Crippen molar-refractivity contribution < 1.29 is 9.59 Å². The first kappa shape index (κ1) is 13.2. The lowest BCUT2D eigenvalue weighted by molar-refractivity contribution is 0.253. The number of anilines is 2. The summed E-state index contributed by atoms with van der Waals surface area (Å²) in [5.74, 6) is 10.8. The molecule has 1 rings (SSSR count). The molecule has 0 atom stereocenters. The van der Waals surface area contributed by atoms with E-state index in [1.807, 2.05) is 0 Å². The van der Waals surface area contributed by atoms with Gasteiger partial charge in [0.25, 0.3) is 0 Å². The van der Waals surface area contributed by atoms with Crippen LogP contribution in [-0.4, -0.2) is 12.1 Å². The Bertz CT molecular complexity index is 465. The number of rotatable bonds is 2. The third-order valence-corrected chi connectivity index (χ3v) is 2.58. The van der Waals surface area contributed by atoms with Gasteiger partial charge in [-0.15, -0.1) is 0 Å². The van der Waals surface area contributed by atoms with Gasteiger partial charge in [0.2, 0.25) is 0 Å². The number of primary amides is 2. The molecule has 0 radical (unpaired) electrons. The van der Waals surface area contributed by atoms with E-state index >= 15 is 0 Å². The second kappa shape index (κ2) is 4.99. The molecule has 0 aliphatic carbocycles. The van der Waals surface area contributed by atoms with Gasteiger partial charge >= 0.3 is 12.1 Å². The topological polar surface area (TPSA) is 145 Å². The fourth-order valence-electron chi connectivity index (χ4n) is 1.09. The fourth-order valence-corrected chi connectivity index (χ4v) is 1.64. The molecule has 0 spiro atoms. The third-order valence-electron chi connectivity index (χ3n) is 1.94. The van der Waals surface area contributed by atoms with E-state index in [1.165, 1.54) is 18.2 Å². The van der Waals surface area contributed by atoms with Crippen LogP contribution < -0.4 is 33.2 Å². The van der Waals surface area contributed by atoms with Crippen LogP contribution in [0, 0.1) is 0 Å². The van der Waals surface area contributed by atoms with Crippen LogP contribution in [0.25, 0.3) is 0 Å². The minimum absolute atomic E-state index is 0.333. The Morgan fingerprint density at radius 2 is 1.59 bits per heavy atom. The molecular formula is C8H11BrN6O2. The Labute approximate surface area is 105 Å². The maximum atomic E-state index is 10.9. The summed E-state index contributed by atoms with van der Waals surface area (Å²) >= 11 is 3.17. The van der Waals surface area contributed by atoms with Crippen molar-refractivity contribution in [2.24, 2.45) is 23.2 Å². The van der Waals surface area contributed by atoms with E-state index in [9.17, 15) is 9.59 Å². The number of halogens is 1. The van der Waals surface area contributed by atoms with Crippen molar-refractivity contribution in [3.8, 4) is 0 Å². The molecule has 0 saturated heterocycles. The zero-order chi connectivity index (χ0) is 13.2. The number of amides is 4. The van der Waals surface area contributed by atoms with Crippen molar-refractivity contribution in [2.75, 3.05) is 10.0 Å². The van der Waals surface area contributed by atoms with Gasteiger partial charge in [0.1, 0.15) is 0 Å². The molecule has 0 aliphatic heterocycles. The number of hydrazine groups is 2. The van der Waals surface area contributed by atoms with Gasteiger partial charge in [-0.3, -0.25) is 0 Å². The third kappa shape index (κ3) is 2.84. The van der Waals surface area contributed by atoms with E-state index in [1.54, 1.807) is 0 Å². The number of carbonyl (C=O) groups excluding carboxylic acids is 2. The number of nitrogens with zero attached hydrogens (tertiary/aromatic N) is 2. The van der Waals surface area contributed by atoms with E-state index in [0.29, 0.717) is 15.8 Å². The SMILES string of the molecule is NC(=O)N(N)c1ccc(N(N)C(N)=O)c(Br)c1. The number of hydrogen-bond donors (Lipinski definition) is 4. The largest absolute Gasteiger partial charge is 0.350 e. The highest BCUT2D eigenvalue weighted by Crippen LogP contribution is 2.28. The van der Waals surface area contributed by atoms with Crippen LogP contribution in [-0.2, 0) is 0 Å². The summed E-state index contributed by atoms with van der Waals surface area (Å²) in [6.45, 7) is 0. The minimum atomic E-state index is -0.821. The van der Waals surface area contributed by atoms with Crippen LogP contribution in [0.4, 0.5) is 21.0 Å². The Morgan fingerprint density at radius 3 is 2.00 bits per heavy atom. The van der Waals surface area contributed by atoms with Gasteiger partial charge in [0.15, 0.2) is 0 Å². The van der Waals surface area contributed by atoms with Crippen LogP contribution in [0.2, 0.25) is 0 Å². The Kier molecular flexibility index (Phi) is 3.89. The molecule has 92 valence electrons. The summed E-state index contributed by atoms with van der Waals surface area (Å²) in [4.78, 5) is 21.7. The van der Waals surface area contributed by atoms with E-state index in [-0.39, 0.29) is 0 Å². The summed E-state index contributed by atoms with van der Waals surface area (Å²) in [5, 5.41) is 1.50. The number of benzene rings is 1. The number of carbonyl (C=O) groups is 2. The summed E-state index contributed by atoms with van der Waals surface area (Å²) in [7, 11) is 0. The Balaban J connectivity index is 3.10. The Hall–Kier alpha value is -1.84. The van der Waals surface area contributed by atoms with Gasteiger partial charge in [-0.05, 0) is 34.1 Å². The molecule has 0 fully saturated rings. The summed E-state index contributed by atoms with van der Waals surface area (Å²) in [5.41, 5.74) is 10.7. The zero-order valence-electron chi connectivity index (χ0n) is 8.63. The molecule has 4 amide bonds. The van der Waals surface area contributed by atoms with Gasteiger partial charge in [-0.1, -0.05) is 0 Å². The molecule has 0 unspecified atom stereocenters. The summed E-state index contributed by atoms with van der Waals surface area (Å²) < 4.78 is 0.438. The monoisotopic (exact) mass is 302 g/mol. The lowest BCUT2D eigenvalue weighted by Crippen LogP contribution is -2.42. The molecule has 0 saturated carbocycles. The van der Waals surface area contributed by atoms with Gasteiger partial charge in [0.05, 0.1) is 11.4 Å². The van der Waals surface area contributed by atoms with Gasteiger partial charge in [0, 0.05) is 4.47 Å². The first-order valence-electron chi connectivity index (χ1n) is 4.32. The standard InChI is InChI=1S/C8H11BrN6O2/c9-5-3-4(14(12)7(10)16)1-2-6(5)15(13)8(11)17/h1-3H,12-13H2,(H2,10,16)(H2,11,17). The second-order valence-corrected chi connectivity index (χ2v) is 3.91. The normalized spacial score (nSPS) is 9.82. The number of nitrogens with two attached hydrogens (primary N) is 4. The first-order valence-corrected chi connectivity index (χ1v) is 5.12. The highest BCUT2D eigenvalue weighted by molar-refractivity contribution is 9.10. The fraction of sp³-hybridized carbons (Fsp3) is 0. The maximum Gasteiger partial charge on any atom is 0.333 e. The molecule has 9 heteroatoms. The highest BCUT2D eigenvalue weighted by atomic mass is 79.9. The lowest BCUT2D eigenvalue weighted by Gasteiger charge is -2.18. The molecular weight excluding hydrogens is 292 g/mol. The van der Waals surface area contributed by atoms with Crippen LogP contribution in [0.1, 0.15) is 0 Å². The number of hydrogen-bond acceptors (Lipinski definition) is 4. The van der Waals surface area contributed by atoms with Crippen molar-refractivity contribution in [1.29, 1.82) is 0 Å². The highest BCUT2D eigenvalue weighted by Gasteiger charge is 2.14. The average molecular weight is 303 g/mol. The predicted molar refractivity (Wildman–Crippen MR) is 66.6 cm³/mol. The van der Waals surface area contributed by atoms with E-state index < -0.39 is 12.1 Å². The molecule has 0 bridgehead atoms. The molecule has 8 N–H and O–H groups in total. The predicted octanol–water partition coefficient (Wildman–Crippen LogP) is -0.0333. The first-order chi connectivity index (χ1) is 7.84. The molecule has 17 heavy (non-hydrogen) atoms. The number of urea groups is 2. The van der Waals surface area contributed by atoms with Crippen molar-refractivity contribution >= 4 is 39.4 Å². The van der Waals surface area contributed by atoms with E-state index in [0.717, 1.165) is 10.0 Å². The zero-order valence-corrected chi connectivity index (χ0v) is 10.2. The van der Waals surface area contributed by atoms with Gasteiger partial charge < -0.3 is 11.5 Å². The van der Waals surface area contributed by atoms with Crippen LogP contribution in [0.15, 0.2) is 22.7 Å². The molecule has 1 aromatic rings. The quantitative estimate of drug-likeness (QED) is 0.345. The van der Waals surface area contributed by atoms with Crippen molar-refractivity contribution in [3.05, 3.63) is 22.7 Å². The van der Waals surface area contributed by atoms with E-state index in [2.05, 4.69) is 15.9 Å². The van der Waals surface area contributed by atoms with Crippen molar-refractivity contribution in [2.45, 2.75) is 0 Å². The Morgan fingerprint density at radius 1 is 1.06 bits per heavy atom. The van der Waals surface area contributed by atoms with Crippen LogP contribution in [0.3, 0.4) is 0 Å². The smallest absolute Gasteiger partial charge is 0.333 e. The second-order valence-electron chi connectivity index (χ2n) is 3.05. The van der Waals surface area contributed by atoms with Gasteiger partial charge in [-0.25, -0.2) is 31.3 Å². The summed E-state index contributed by atoms with van der Waals surface area (Å²) in [6, 6.07) is 2.77.